The standard InChI is InChI=1S/C15H21N3OS/c1-10(2)7-11(8-16)15(19)17-9-14-18-12-5-3-4-6-13(12)20-14/h3-6,10-11H,7-9,16H2,1-2H3,(H,17,19). The SMILES string of the molecule is CC(C)CC(CN)C(=O)NCc1nc2ccccc2s1. The van der Waals surface area contributed by atoms with Gasteiger partial charge < -0.3 is 11.1 Å². The average molecular weight is 291 g/mol. The lowest BCUT2D eigenvalue weighted by molar-refractivity contribution is -0.125. The maximum atomic E-state index is 12.1. The van der Waals surface area contributed by atoms with Crippen molar-refractivity contribution in [1.29, 1.82) is 0 Å². The van der Waals surface area contributed by atoms with Crippen molar-refractivity contribution in [3.8, 4) is 0 Å². The Morgan fingerprint density at radius 2 is 2.15 bits per heavy atom. The minimum absolute atomic E-state index is 0.0282. The highest BCUT2D eigenvalue weighted by Crippen LogP contribution is 2.21. The van der Waals surface area contributed by atoms with E-state index in [0.29, 0.717) is 19.0 Å². The lowest BCUT2D eigenvalue weighted by atomic mass is 9.96. The summed E-state index contributed by atoms with van der Waals surface area (Å²) in [5.41, 5.74) is 6.66. The molecule has 1 unspecified atom stereocenters. The molecule has 0 fully saturated rings. The minimum atomic E-state index is -0.107. The van der Waals surface area contributed by atoms with E-state index in [2.05, 4.69) is 24.1 Å². The Labute approximate surface area is 123 Å². The van der Waals surface area contributed by atoms with E-state index in [-0.39, 0.29) is 11.8 Å². The molecule has 0 aliphatic rings. The van der Waals surface area contributed by atoms with Crippen molar-refractivity contribution in [2.24, 2.45) is 17.6 Å². The van der Waals surface area contributed by atoms with Gasteiger partial charge in [0.2, 0.25) is 5.91 Å². The molecule has 1 heterocycles. The smallest absolute Gasteiger partial charge is 0.224 e. The van der Waals surface area contributed by atoms with E-state index in [1.165, 1.54) is 0 Å². The molecule has 0 aliphatic heterocycles. The molecule has 0 aliphatic carbocycles. The number of fused-ring (bicyclic) bond motifs is 1. The fraction of sp³-hybridized carbons (Fsp3) is 0.467. The minimum Gasteiger partial charge on any atom is -0.349 e. The third-order valence-corrected chi connectivity index (χ3v) is 4.20. The second-order valence-electron chi connectivity index (χ2n) is 5.36. The zero-order chi connectivity index (χ0) is 14.5. The molecule has 108 valence electrons. The van der Waals surface area contributed by atoms with Crippen LogP contribution in [0.25, 0.3) is 10.2 Å². The maximum Gasteiger partial charge on any atom is 0.224 e. The van der Waals surface area contributed by atoms with E-state index in [9.17, 15) is 4.79 Å². The van der Waals surface area contributed by atoms with Gasteiger partial charge in [-0.1, -0.05) is 26.0 Å². The molecule has 0 saturated carbocycles. The number of amides is 1. The number of thiazole rings is 1. The van der Waals surface area contributed by atoms with Crippen LogP contribution in [0.5, 0.6) is 0 Å². The second kappa shape index (κ2) is 6.81. The average Bonchev–Trinajstić information content (AvgIpc) is 2.84. The quantitative estimate of drug-likeness (QED) is 0.859. The molecular weight excluding hydrogens is 270 g/mol. The first-order chi connectivity index (χ1) is 9.60. The Balaban J connectivity index is 1.95. The predicted octanol–water partition coefficient (Wildman–Crippen LogP) is 2.53. The van der Waals surface area contributed by atoms with Crippen molar-refractivity contribution < 1.29 is 4.79 Å². The predicted molar refractivity (Wildman–Crippen MR) is 83.5 cm³/mol. The second-order valence-corrected chi connectivity index (χ2v) is 6.47. The highest BCUT2D eigenvalue weighted by Gasteiger charge is 2.18. The van der Waals surface area contributed by atoms with Gasteiger partial charge in [-0.15, -0.1) is 11.3 Å². The van der Waals surface area contributed by atoms with Gasteiger partial charge >= 0.3 is 0 Å². The number of hydrogen-bond donors (Lipinski definition) is 2. The molecule has 1 aromatic carbocycles. The number of carbonyl (C=O) groups is 1. The zero-order valence-corrected chi connectivity index (χ0v) is 12.7. The molecule has 4 nitrogen and oxygen atoms in total. The third-order valence-electron chi connectivity index (χ3n) is 3.16. The molecule has 0 saturated heterocycles. The number of nitrogens with two attached hydrogens (primary N) is 1. The summed E-state index contributed by atoms with van der Waals surface area (Å²) in [6, 6.07) is 7.99. The Kier molecular flexibility index (Phi) is 5.09. The zero-order valence-electron chi connectivity index (χ0n) is 11.9. The van der Waals surface area contributed by atoms with Crippen LogP contribution in [0.4, 0.5) is 0 Å². The van der Waals surface area contributed by atoms with Gasteiger partial charge in [0, 0.05) is 6.54 Å². The van der Waals surface area contributed by atoms with Crippen LogP contribution in [0, 0.1) is 11.8 Å². The fourth-order valence-electron chi connectivity index (χ4n) is 2.18. The summed E-state index contributed by atoms with van der Waals surface area (Å²) < 4.78 is 1.15. The number of hydrogen-bond acceptors (Lipinski definition) is 4. The van der Waals surface area contributed by atoms with E-state index in [0.717, 1.165) is 21.6 Å². The monoisotopic (exact) mass is 291 g/mol. The van der Waals surface area contributed by atoms with Gasteiger partial charge in [0.25, 0.3) is 0 Å². The topological polar surface area (TPSA) is 68.0 Å². The number of benzene rings is 1. The largest absolute Gasteiger partial charge is 0.349 e. The van der Waals surface area contributed by atoms with E-state index >= 15 is 0 Å². The maximum absolute atomic E-state index is 12.1. The highest BCUT2D eigenvalue weighted by molar-refractivity contribution is 7.18. The van der Waals surface area contributed by atoms with Crippen LogP contribution in [0.15, 0.2) is 24.3 Å². The van der Waals surface area contributed by atoms with Gasteiger partial charge in [0.05, 0.1) is 22.7 Å². The molecule has 0 spiro atoms. The molecule has 0 bridgehead atoms. The van der Waals surface area contributed by atoms with Crippen LogP contribution in [0.2, 0.25) is 0 Å². The first-order valence-corrected chi connectivity index (χ1v) is 7.74. The number of aromatic nitrogens is 1. The highest BCUT2D eigenvalue weighted by atomic mass is 32.1. The number of nitrogens with one attached hydrogen (secondary N) is 1. The summed E-state index contributed by atoms with van der Waals surface area (Å²) in [7, 11) is 0. The van der Waals surface area contributed by atoms with Gasteiger partial charge in [0.1, 0.15) is 5.01 Å². The molecular formula is C15H21N3OS. The van der Waals surface area contributed by atoms with Gasteiger partial charge in [-0.2, -0.15) is 0 Å². The van der Waals surface area contributed by atoms with Crippen LogP contribution in [-0.2, 0) is 11.3 Å². The lowest BCUT2D eigenvalue weighted by Crippen LogP contribution is -2.35. The van der Waals surface area contributed by atoms with E-state index in [1.54, 1.807) is 11.3 Å². The van der Waals surface area contributed by atoms with Crippen molar-refractivity contribution in [1.82, 2.24) is 10.3 Å². The summed E-state index contributed by atoms with van der Waals surface area (Å²) in [4.78, 5) is 16.6. The molecule has 5 heteroatoms. The van der Waals surface area contributed by atoms with Crippen LogP contribution in [0.3, 0.4) is 0 Å². The van der Waals surface area contributed by atoms with Crippen molar-refractivity contribution in [2.75, 3.05) is 6.54 Å². The molecule has 1 amide bonds. The van der Waals surface area contributed by atoms with Crippen LogP contribution in [0.1, 0.15) is 25.3 Å². The van der Waals surface area contributed by atoms with E-state index in [1.807, 2.05) is 24.3 Å². The Bertz CT molecular complexity index is 546. The normalized spacial score (nSPS) is 12.8. The number of para-hydroxylation sites is 1. The molecule has 1 aromatic heterocycles. The van der Waals surface area contributed by atoms with Crippen molar-refractivity contribution in [3.05, 3.63) is 29.3 Å². The van der Waals surface area contributed by atoms with Crippen LogP contribution >= 0.6 is 11.3 Å². The van der Waals surface area contributed by atoms with Crippen molar-refractivity contribution >= 4 is 27.5 Å². The van der Waals surface area contributed by atoms with Gasteiger partial charge in [-0.3, -0.25) is 4.79 Å². The van der Waals surface area contributed by atoms with Gasteiger partial charge in [0.15, 0.2) is 0 Å². The molecule has 2 rings (SSSR count). The van der Waals surface area contributed by atoms with Gasteiger partial charge in [-0.05, 0) is 24.5 Å². The lowest BCUT2D eigenvalue weighted by Gasteiger charge is -2.16. The Morgan fingerprint density at radius 3 is 2.80 bits per heavy atom. The summed E-state index contributed by atoms with van der Waals surface area (Å²) in [5.74, 6) is 0.390. The van der Waals surface area contributed by atoms with Crippen LogP contribution in [-0.4, -0.2) is 17.4 Å². The van der Waals surface area contributed by atoms with Crippen LogP contribution < -0.4 is 11.1 Å². The van der Waals surface area contributed by atoms with Gasteiger partial charge in [-0.25, -0.2) is 4.98 Å². The summed E-state index contributed by atoms with van der Waals surface area (Å²) in [5, 5.41) is 3.88. The molecule has 0 radical (unpaired) electrons. The summed E-state index contributed by atoms with van der Waals surface area (Å²) >= 11 is 1.62. The first kappa shape index (κ1) is 14.9. The van der Waals surface area contributed by atoms with Crippen molar-refractivity contribution in [2.45, 2.75) is 26.8 Å². The van der Waals surface area contributed by atoms with E-state index < -0.39 is 0 Å². The first-order valence-electron chi connectivity index (χ1n) is 6.92. The Hall–Kier alpha value is -1.46. The molecule has 1 atom stereocenters. The summed E-state index contributed by atoms with van der Waals surface area (Å²) in [6.07, 6.45) is 0.822. The molecule has 2 aromatic rings. The molecule has 20 heavy (non-hydrogen) atoms. The number of nitrogens with zero attached hydrogens (tertiary/aromatic N) is 1. The van der Waals surface area contributed by atoms with Crippen molar-refractivity contribution in [3.63, 3.8) is 0 Å². The fourth-order valence-corrected chi connectivity index (χ4v) is 3.09. The molecule has 3 N–H and O–H groups in total. The third kappa shape index (κ3) is 3.77. The Morgan fingerprint density at radius 1 is 1.40 bits per heavy atom. The van der Waals surface area contributed by atoms with E-state index in [4.69, 9.17) is 5.73 Å². The summed E-state index contributed by atoms with van der Waals surface area (Å²) in [6.45, 7) is 5.07. The number of rotatable bonds is 6. The number of carbonyl (C=O) groups excluding carboxylic acids is 1.